The third-order valence-corrected chi connectivity index (χ3v) is 2.11. The van der Waals surface area contributed by atoms with E-state index in [1.807, 2.05) is 0 Å². The third kappa shape index (κ3) is 4.15. The number of rotatable bonds is 2. The van der Waals surface area contributed by atoms with E-state index in [0.717, 1.165) is 0 Å². The molecule has 1 aromatic carbocycles. The third-order valence-electron chi connectivity index (χ3n) is 1.44. The summed E-state index contributed by atoms with van der Waals surface area (Å²) >= 11 is -2.96. The molecule has 0 radical (unpaired) electrons. The summed E-state index contributed by atoms with van der Waals surface area (Å²) in [5.41, 5.74) is -1.38. The fourth-order valence-electron chi connectivity index (χ4n) is 0.849. The minimum absolute atomic E-state index is 0. The summed E-state index contributed by atoms with van der Waals surface area (Å²) in [6.07, 6.45) is 0. The smallest absolute Gasteiger partial charge is 0.768 e. The quantitative estimate of drug-likeness (QED) is 0.394. The van der Waals surface area contributed by atoms with Gasteiger partial charge in [0.2, 0.25) is 0 Å². The Morgan fingerprint density at radius 3 is 2.12 bits per heavy atom. The van der Waals surface area contributed by atoms with E-state index in [4.69, 9.17) is 0 Å². The summed E-state index contributed by atoms with van der Waals surface area (Å²) in [4.78, 5) is 9.31. The predicted octanol–water partition coefficient (Wildman–Crippen LogP) is -6.43. The molecule has 0 aliphatic carbocycles. The summed E-state index contributed by atoms with van der Waals surface area (Å²) in [5.74, 6) is -5.14. The fourth-order valence-corrected chi connectivity index (χ4v) is 1.28. The SMILES string of the molecule is O=C([O-])c1c(F)ccc(S(=O)[O-])c1F.[Na+].[Na+]. The number of carbonyl (C=O) groups excluding carboxylic acids is 1. The number of halogens is 2. The summed E-state index contributed by atoms with van der Waals surface area (Å²) in [6, 6.07) is 1.17. The van der Waals surface area contributed by atoms with E-state index in [1.165, 1.54) is 0 Å². The molecule has 16 heavy (non-hydrogen) atoms. The first-order valence-electron chi connectivity index (χ1n) is 3.23. The molecule has 0 aliphatic rings. The van der Waals surface area contributed by atoms with E-state index in [1.54, 1.807) is 0 Å². The monoisotopic (exact) mass is 266 g/mol. The van der Waals surface area contributed by atoms with Crippen LogP contribution in [-0.4, -0.2) is 14.7 Å². The Bertz CT molecular complexity index is 427. The predicted molar refractivity (Wildman–Crippen MR) is 37.9 cm³/mol. The Kier molecular flexibility index (Phi) is 9.37. The zero-order chi connectivity index (χ0) is 10.9. The van der Waals surface area contributed by atoms with Crippen molar-refractivity contribution in [3.63, 3.8) is 0 Å². The Hall–Kier alpha value is 0.660. The summed E-state index contributed by atoms with van der Waals surface area (Å²) in [5, 5.41) is 10.2. The number of benzene rings is 1. The maximum absolute atomic E-state index is 13.0. The van der Waals surface area contributed by atoms with Crippen molar-refractivity contribution in [1.82, 2.24) is 0 Å². The second-order valence-electron chi connectivity index (χ2n) is 2.26. The molecule has 0 spiro atoms. The van der Waals surface area contributed by atoms with Gasteiger partial charge in [-0.15, -0.1) is 0 Å². The van der Waals surface area contributed by atoms with Gasteiger partial charge in [-0.2, -0.15) is 0 Å². The van der Waals surface area contributed by atoms with Gasteiger partial charge in [-0.05, 0) is 23.2 Å². The number of carbonyl (C=O) groups is 1. The van der Waals surface area contributed by atoms with Gasteiger partial charge in [0.15, 0.2) is 0 Å². The molecule has 0 amide bonds. The maximum Gasteiger partial charge on any atom is 1.00 e. The van der Waals surface area contributed by atoms with Crippen LogP contribution in [0.3, 0.4) is 0 Å². The van der Waals surface area contributed by atoms with E-state index in [0.29, 0.717) is 12.1 Å². The zero-order valence-corrected chi connectivity index (χ0v) is 13.3. The average Bonchev–Trinajstić information content (AvgIpc) is 2.02. The molecule has 0 N–H and O–H groups in total. The second kappa shape index (κ2) is 7.88. The average molecular weight is 266 g/mol. The molecule has 1 rings (SSSR count). The molecule has 4 nitrogen and oxygen atoms in total. The largest absolute Gasteiger partial charge is 1.00 e. The minimum atomic E-state index is -2.96. The van der Waals surface area contributed by atoms with Gasteiger partial charge in [0.25, 0.3) is 0 Å². The van der Waals surface area contributed by atoms with E-state index >= 15 is 0 Å². The first kappa shape index (κ1) is 19.0. The number of hydrogen-bond donors (Lipinski definition) is 0. The van der Waals surface area contributed by atoms with Crippen LogP contribution in [0.25, 0.3) is 0 Å². The normalized spacial score (nSPS) is 10.9. The van der Waals surface area contributed by atoms with Crippen LogP contribution in [0.2, 0.25) is 0 Å². The Morgan fingerprint density at radius 1 is 1.25 bits per heavy atom. The van der Waals surface area contributed by atoms with Crippen molar-refractivity contribution in [2.24, 2.45) is 0 Å². The molecule has 0 saturated carbocycles. The molecule has 0 bridgehead atoms. The molecule has 0 aliphatic heterocycles. The van der Waals surface area contributed by atoms with Crippen LogP contribution in [0.4, 0.5) is 8.78 Å². The van der Waals surface area contributed by atoms with E-state index in [-0.39, 0.29) is 59.1 Å². The van der Waals surface area contributed by atoms with Crippen molar-refractivity contribution < 1.29 is 86.6 Å². The van der Waals surface area contributed by atoms with Crippen LogP contribution in [0.5, 0.6) is 0 Å². The number of carboxylic acid groups (broad SMARTS) is 1. The minimum Gasteiger partial charge on any atom is -0.768 e. The fraction of sp³-hybridized carbons (Fsp3) is 0. The summed E-state index contributed by atoms with van der Waals surface area (Å²) < 4.78 is 46.3. The molecule has 0 saturated heterocycles. The van der Waals surface area contributed by atoms with Crippen molar-refractivity contribution in [2.75, 3.05) is 0 Å². The molecule has 0 fully saturated rings. The number of hydrogen-bond acceptors (Lipinski definition) is 4. The van der Waals surface area contributed by atoms with Crippen molar-refractivity contribution in [1.29, 1.82) is 0 Å². The van der Waals surface area contributed by atoms with Gasteiger partial charge in [0.1, 0.15) is 11.6 Å². The van der Waals surface area contributed by atoms with Crippen molar-refractivity contribution in [3.05, 3.63) is 29.3 Å². The molecule has 9 heteroatoms. The molecule has 1 unspecified atom stereocenters. The van der Waals surface area contributed by atoms with Gasteiger partial charge in [0, 0.05) is 0 Å². The van der Waals surface area contributed by atoms with Crippen LogP contribution >= 0.6 is 0 Å². The van der Waals surface area contributed by atoms with Crippen LogP contribution in [0.1, 0.15) is 10.4 Å². The van der Waals surface area contributed by atoms with Crippen molar-refractivity contribution in [3.8, 4) is 0 Å². The molecule has 0 aromatic heterocycles. The molecule has 1 atom stereocenters. The first-order valence-corrected chi connectivity index (χ1v) is 4.31. The van der Waals surface area contributed by atoms with E-state index in [2.05, 4.69) is 0 Å². The molecule has 0 heterocycles. The van der Waals surface area contributed by atoms with E-state index < -0.39 is 39.1 Å². The van der Waals surface area contributed by atoms with Crippen LogP contribution in [0, 0.1) is 11.6 Å². The Balaban J connectivity index is 0. The molecular weight excluding hydrogens is 264 g/mol. The topological polar surface area (TPSA) is 80.3 Å². The second-order valence-corrected chi connectivity index (χ2v) is 3.17. The van der Waals surface area contributed by atoms with Crippen LogP contribution in [-0.2, 0) is 11.1 Å². The Labute approximate surface area is 136 Å². The van der Waals surface area contributed by atoms with Gasteiger partial charge in [-0.25, -0.2) is 8.78 Å². The Morgan fingerprint density at radius 2 is 1.75 bits per heavy atom. The number of carboxylic acids is 1. The van der Waals surface area contributed by atoms with Gasteiger partial charge in [0.05, 0.1) is 16.4 Å². The first-order chi connectivity index (χ1) is 6.45. The zero-order valence-electron chi connectivity index (χ0n) is 8.45. The summed E-state index contributed by atoms with van der Waals surface area (Å²) in [6.45, 7) is 0. The van der Waals surface area contributed by atoms with Gasteiger partial charge < -0.3 is 14.5 Å². The van der Waals surface area contributed by atoms with E-state index in [9.17, 15) is 27.4 Å². The van der Waals surface area contributed by atoms with Gasteiger partial charge in [-0.3, -0.25) is 4.21 Å². The molecule has 1 aromatic rings. The van der Waals surface area contributed by atoms with Crippen LogP contribution in [0.15, 0.2) is 17.0 Å². The number of aromatic carboxylic acids is 1. The standard InChI is InChI=1S/C7H4F2O4S.2Na/c8-3-1-2-4(14(12)13)6(9)5(3)7(10)11;;/h1-2H,(H,10,11)(H,12,13);;/q;2*+1/p-2. The van der Waals surface area contributed by atoms with Gasteiger partial charge in [-0.1, -0.05) is 0 Å². The van der Waals surface area contributed by atoms with Gasteiger partial charge >= 0.3 is 59.1 Å². The van der Waals surface area contributed by atoms with Crippen molar-refractivity contribution >= 4 is 17.0 Å². The maximum atomic E-state index is 13.0. The molecular formula is C7H2F2Na2O4S. The van der Waals surface area contributed by atoms with Crippen LogP contribution < -0.4 is 64.2 Å². The molecule has 76 valence electrons. The summed E-state index contributed by atoms with van der Waals surface area (Å²) in [7, 11) is 0. The van der Waals surface area contributed by atoms with Crippen molar-refractivity contribution in [2.45, 2.75) is 4.90 Å².